The standard InChI is InChI=1S/C21H18N2O5/c1-13-7-5-6-10-15(13)19-16(12-22-28-19)20(25)23-17(18(24)21(26)27)11-14-8-3-2-4-9-14/h2-10,12,17H,11H2,1H3,(H,23,25)(H,26,27). The highest BCUT2D eigenvalue weighted by molar-refractivity contribution is 6.35. The molecule has 7 heteroatoms. The van der Waals surface area contributed by atoms with E-state index in [4.69, 9.17) is 9.63 Å². The molecule has 1 atom stereocenters. The van der Waals surface area contributed by atoms with E-state index in [1.807, 2.05) is 25.1 Å². The molecule has 3 aromatic rings. The molecule has 2 N–H and O–H groups in total. The van der Waals surface area contributed by atoms with Gasteiger partial charge in [-0.3, -0.25) is 9.59 Å². The summed E-state index contributed by atoms with van der Waals surface area (Å²) >= 11 is 0. The van der Waals surface area contributed by atoms with Gasteiger partial charge in [0.1, 0.15) is 11.6 Å². The lowest BCUT2D eigenvalue weighted by Gasteiger charge is -2.16. The van der Waals surface area contributed by atoms with E-state index in [9.17, 15) is 14.4 Å². The predicted molar refractivity (Wildman–Crippen MR) is 101 cm³/mol. The van der Waals surface area contributed by atoms with E-state index >= 15 is 0 Å². The molecule has 0 aliphatic heterocycles. The van der Waals surface area contributed by atoms with Crippen molar-refractivity contribution in [3.8, 4) is 11.3 Å². The van der Waals surface area contributed by atoms with Gasteiger partial charge < -0.3 is 14.9 Å². The molecule has 0 fully saturated rings. The molecule has 1 aromatic heterocycles. The number of aliphatic carboxylic acids is 1. The Hall–Kier alpha value is -3.74. The van der Waals surface area contributed by atoms with Crippen LogP contribution in [0.15, 0.2) is 65.3 Å². The third-order valence-electron chi connectivity index (χ3n) is 4.32. The van der Waals surface area contributed by atoms with Crippen molar-refractivity contribution in [3.63, 3.8) is 0 Å². The molecule has 0 radical (unpaired) electrons. The number of carbonyl (C=O) groups excluding carboxylic acids is 2. The zero-order chi connectivity index (χ0) is 20.1. The maximum absolute atomic E-state index is 12.8. The Morgan fingerprint density at radius 1 is 1.07 bits per heavy atom. The zero-order valence-electron chi connectivity index (χ0n) is 15.1. The molecule has 3 rings (SSSR count). The molecule has 0 bridgehead atoms. The van der Waals surface area contributed by atoms with Crippen molar-refractivity contribution in [2.45, 2.75) is 19.4 Å². The summed E-state index contributed by atoms with van der Waals surface area (Å²) in [6, 6.07) is 15.0. The number of aromatic nitrogens is 1. The van der Waals surface area contributed by atoms with Gasteiger partial charge in [0.2, 0.25) is 0 Å². The number of hydrogen-bond acceptors (Lipinski definition) is 5. The molecule has 1 heterocycles. The molecule has 1 unspecified atom stereocenters. The molecule has 0 saturated heterocycles. The number of carboxylic acid groups (broad SMARTS) is 1. The maximum atomic E-state index is 12.8. The van der Waals surface area contributed by atoms with Crippen molar-refractivity contribution in [2.24, 2.45) is 0 Å². The number of rotatable bonds is 7. The van der Waals surface area contributed by atoms with Gasteiger partial charge in [-0.2, -0.15) is 0 Å². The summed E-state index contributed by atoms with van der Waals surface area (Å²) in [4.78, 5) is 36.1. The van der Waals surface area contributed by atoms with E-state index < -0.39 is 23.7 Å². The molecule has 7 nitrogen and oxygen atoms in total. The van der Waals surface area contributed by atoms with Crippen LogP contribution in [0.1, 0.15) is 21.5 Å². The van der Waals surface area contributed by atoms with Crippen molar-refractivity contribution in [1.82, 2.24) is 10.5 Å². The molecule has 0 saturated carbocycles. The summed E-state index contributed by atoms with van der Waals surface area (Å²) < 4.78 is 5.25. The first kappa shape index (κ1) is 19.0. The average Bonchev–Trinajstić information content (AvgIpc) is 3.17. The largest absolute Gasteiger partial charge is 0.475 e. The van der Waals surface area contributed by atoms with Gasteiger partial charge in [-0.25, -0.2) is 4.79 Å². The molecule has 0 aliphatic rings. The highest BCUT2D eigenvalue weighted by atomic mass is 16.5. The second-order valence-electron chi connectivity index (χ2n) is 6.27. The van der Waals surface area contributed by atoms with Crippen LogP contribution >= 0.6 is 0 Å². The molecule has 1 amide bonds. The minimum Gasteiger partial charge on any atom is -0.475 e. The fourth-order valence-electron chi connectivity index (χ4n) is 2.87. The Morgan fingerprint density at radius 2 is 1.75 bits per heavy atom. The number of nitrogens with zero attached hydrogens (tertiary/aromatic N) is 1. The topological polar surface area (TPSA) is 110 Å². The number of Topliss-reactive ketones (excluding diaryl/α,β-unsaturated/α-hetero) is 1. The lowest BCUT2D eigenvalue weighted by atomic mass is 10.0. The van der Waals surface area contributed by atoms with Gasteiger partial charge >= 0.3 is 5.97 Å². The first-order valence-corrected chi connectivity index (χ1v) is 8.60. The predicted octanol–water partition coefficient (Wildman–Crippen LogP) is 2.64. The third-order valence-corrected chi connectivity index (χ3v) is 4.32. The lowest BCUT2D eigenvalue weighted by Crippen LogP contribution is -2.45. The van der Waals surface area contributed by atoms with Crippen LogP contribution in [0, 0.1) is 6.92 Å². The van der Waals surface area contributed by atoms with Crippen LogP contribution in [0.25, 0.3) is 11.3 Å². The SMILES string of the molecule is Cc1ccccc1-c1oncc1C(=O)NC(Cc1ccccc1)C(=O)C(=O)O. The number of carbonyl (C=O) groups is 3. The summed E-state index contributed by atoms with van der Waals surface area (Å²) in [5, 5.41) is 15.3. The summed E-state index contributed by atoms with van der Waals surface area (Å²) in [6.07, 6.45) is 1.31. The number of nitrogens with one attached hydrogen (secondary N) is 1. The summed E-state index contributed by atoms with van der Waals surface area (Å²) in [5.41, 5.74) is 2.43. The molecule has 2 aromatic carbocycles. The fraction of sp³-hybridized carbons (Fsp3) is 0.143. The second-order valence-corrected chi connectivity index (χ2v) is 6.27. The first-order valence-electron chi connectivity index (χ1n) is 8.60. The molecule has 142 valence electrons. The molecular weight excluding hydrogens is 360 g/mol. The van der Waals surface area contributed by atoms with Crippen LogP contribution in [0.4, 0.5) is 0 Å². The number of ketones is 1. The molecule has 0 spiro atoms. The molecular formula is C21H18N2O5. The Balaban J connectivity index is 1.87. The molecule has 0 aliphatic carbocycles. The van der Waals surface area contributed by atoms with Crippen LogP contribution in [0.3, 0.4) is 0 Å². The van der Waals surface area contributed by atoms with Crippen molar-refractivity contribution in [2.75, 3.05) is 0 Å². The Kier molecular flexibility index (Phi) is 5.64. The summed E-state index contributed by atoms with van der Waals surface area (Å²) in [7, 11) is 0. The average molecular weight is 378 g/mol. The van der Waals surface area contributed by atoms with Crippen LogP contribution in [0.2, 0.25) is 0 Å². The monoisotopic (exact) mass is 378 g/mol. The number of benzene rings is 2. The van der Waals surface area contributed by atoms with Crippen LogP contribution in [-0.4, -0.2) is 34.0 Å². The highest BCUT2D eigenvalue weighted by Gasteiger charge is 2.29. The van der Waals surface area contributed by atoms with Gasteiger partial charge in [0.15, 0.2) is 5.76 Å². The van der Waals surface area contributed by atoms with E-state index in [2.05, 4.69) is 10.5 Å². The highest BCUT2D eigenvalue weighted by Crippen LogP contribution is 2.26. The van der Waals surface area contributed by atoms with E-state index in [1.165, 1.54) is 6.20 Å². The van der Waals surface area contributed by atoms with Crippen molar-refractivity contribution in [1.29, 1.82) is 0 Å². The van der Waals surface area contributed by atoms with E-state index in [-0.39, 0.29) is 17.7 Å². The van der Waals surface area contributed by atoms with Gasteiger partial charge in [0.05, 0.1) is 6.20 Å². The lowest BCUT2D eigenvalue weighted by molar-refractivity contribution is -0.149. The first-order chi connectivity index (χ1) is 13.5. The van der Waals surface area contributed by atoms with Crippen LogP contribution in [-0.2, 0) is 16.0 Å². The van der Waals surface area contributed by atoms with Gasteiger partial charge in [0, 0.05) is 12.0 Å². The number of amides is 1. The van der Waals surface area contributed by atoms with Crippen molar-refractivity contribution < 1.29 is 24.0 Å². The van der Waals surface area contributed by atoms with Crippen molar-refractivity contribution in [3.05, 3.63) is 77.5 Å². The minimum absolute atomic E-state index is 0.0582. The van der Waals surface area contributed by atoms with Crippen LogP contribution in [0.5, 0.6) is 0 Å². The van der Waals surface area contributed by atoms with Crippen LogP contribution < -0.4 is 5.32 Å². The number of aryl methyl sites for hydroxylation is 1. The Labute approximate surface area is 161 Å². The number of carboxylic acids is 1. The smallest absolute Gasteiger partial charge is 0.374 e. The zero-order valence-corrected chi connectivity index (χ0v) is 15.1. The van der Waals surface area contributed by atoms with E-state index in [0.717, 1.165) is 11.1 Å². The second kappa shape index (κ2) is 8.30. The van der Waals surface area contributed by atoms with E-state index in [0.29, 0.717) is 5.56 Å². The van der Waals surface area contributed by atoms with Crippen molar-refractivity contribution >= 4 is 17.7 Å². The van der Waals surface area contributed by atoms with Gasteiger partial charge in [0.25, 0.3) is 11.7 Å². The Bertz CT molecular complexity index is 1010. The molecule has 28 heavy (non-hydrogen) atoms. The van der Waals surface area contributed by atoms with Gasteiger partial charge in [-0.1, -0.05) is 59.8 Å². The third kappa shape index (κ3) is 4.15. The van der Waals surface area contributed by atoms with E-state index in [1.54, 1.807) is 36.4 Å². The quantitative estimate of drug-likeness (QED) is 0.612. The Morgan fingerprint density at radius 3 is 2.43 bits per heavy atom. The van der Waals surface area contributed by atoms with Gasteiger partial charge in [-0.15, -0.1) is 0 Å². The maximum Gasteiger partial charge on any atom is 0.374 e. The summed E-state index contributed by atoms with van der Waals surface area (Å²) in [6.45, 7) is 1.87. The normalized spacial score (nSPS) is 11.6. The summed E-state index contributed by atoms with van der Waals surface area (Å²) in [5.74, 6) is -3.07. The number of hydrogen-bond donors (Lipinski definition) is 2. The van der Waals surface area contributed by atoms with Gasteiger partial charge in [-0.05, 0) is 18.1 Å². The minimum atomic E-state index is -1.61. The fourth-order valence-corrected chi connectivity index (χ4v) is 2.87.